The Hall–Kier alpha value is -2.44. The van der Waals surface area contributed by atoms with Gasteiger partial charge in [0.05, 0.1) is 5.69 Å². The molecule has 0 amide bonds. The largest absolute Gasteiger partial charge is 0.409 e. The SMILES string of the molecule is Cc1cc(-n2cnc(/C(N)=N/O)n2)ccn1. The van der Waals surface area contributed by atoms with E-state index in [-0.39, 0.29) is 11.7 Å². The van der Waals surface area contributed by atoms with Crippen molar-refractivity contribution in [3.05, 3.63) is 36.2 Å². The third kappa shape index (κ3) is 1.83. The molecule has 0 unspecified atom stereocenters. The fourth-order valence-electron chi connectivity index (χ4n) is 1.22. The van der Waals surface area contributed by atoms with Gasteiger partial charge in [0, 0.05) is 11.9 Å². The van der Waals surface area contributed by atoms with Gasteiger partial charge in [0.1, 0.15) is 6.33 Å². The van der Waals surface area contributed by atoms with Gasteiger partial charge in [-0.1, -0.05) is 5.16 Å². The first-order valence-corrected chi connectivity index (χ1v) is 4.53. The number of aryl methyl sites for hydroxylation is 1. The standard InChI is InChI=1S/C9H10N6O/c1-6-4-7(2-3-11-6)15-5-12-9(13-15)8(10)14-16/h2-5,16H,1H3,(H2,10,14). The molecule has 3 N–H and O–H groups in total. The lowest BCUT2D eigenvalue weighted by molar-refractivity contribution is 0.318. The molecule has 82 valence electrons. The molecule has 2 rings (SSSR count). The van der Waals surface area contributed by atoms with Gasteiger partial charge in [0.2, 0.25) is 11.7 Å². The van der Waals surface area contributed by atoms with Crippen LogP contribution >= 0.6 is 0 Å². The first-order chi connectivity index (χ1) is 7.70. The van der Waals surface area contributed by atoms with Crippen molar-refractivity contribution in [3.63, 3.8) is 0 Å². The van der Waals surface area contributed by atoms with Crippen molar-refractivity contribution in [2.45, 2.75) is 6.92 Å². The molecule has 2 aromatic heterocycles. The molecule has 0 bridgehead atoms. The van der Waals surface area contributed by atoms with Crippen molar-refractivity contribution in [1.29, 1.82) is 0 Å². The summed E-state index contributed by atoms with van der Waals surface area (Å²) in [5.41, 5.74) is 7.06. The van der Waals surface area contributed by atoms with Crippen LogP contribution in [-0.2, 0) is 0 Å². The van der Waals surface area contributed by atoms with Crippen molar-refractivity contribution in [2.75, 3.05) is 0 Å². The summed E-state index contributed by atoms with van der Waals surface area (Å²) in [5, 5.41) is 15.4. The lowest BCUT2D eigenvalue weighted by Gasteiger charge is -1.99. The third-order valence-electron chi connectivity index (χ3n) is 1.97. The van der Waals surface area contributed by atoms with E-state index in [1.165, 1.54) is 11.0 Å². The highest BCUT2D eigenvalue weighted by Gasteiger charge is 2.06. The summed E-state index contributed by atoms with van der Waals surface area (Å²) in [6.07, 6.45) is 3.16. The number of hydrogen-bond acceptors (Lipinski definition) is 5. The van der Waals surface area contributed by atoms with Crippen LogP contribution in [0.25, 0.3) is 5.69 Å². The maximum atomic E-state index is 8.48. The van der Waals surface area contributed by atoms with Gasteiger partial charge in [0.15, 0.2) is 0 Å². The number of amidine groups is 1. The molecule has 0 atom stereocenters. The Morgan fingerprint density at radius 3 is 3.00 bits per heavy atom. The Bertz CT molecular complexity index is 532. The molecule has 0 fully saturated rings. The molecule has 0 saturated carbocycles. The van der Waals surface area contributed by atoms with Gasteiger partial charge in [-0.3, -0.25) is 4.98 Å². The van der Waals surface area contributed by atoms with E-state index in [0.717, 1.165) is 11.4 Å². The fraction of sp³-hybridized carbons (Fsp3) is 0.111. The summed E-state index contributed by atoms with van der Waals surface area (Å²) in [6.45, 7) is 1.88. The first-order valence-electron chi connectivity index (χ1n) is 4.53. The molecule has 0 aliphatic heterocycles. The summed E-state index contributed by atoms with van der Waals surface area (Å²) >= 11 is 0. The number of rotatable bonds is 2. The molecule has 16 heavy (non-hydrogen) atoms. The first kappa shape index (κ1) is 10.1. The second-order valence-corrected chi connectivity index (χ2v) is 3.15. The fourth-order valence-corrected chi connectivity index (χ4v) is 1.22. The molecule has 0 radical (unpaired) electrons. The normalized spacial score (nSPS) is 11.7. The van der Waals surface area contributed by atoms with Crippen molar-refractivity contribution in [1.82, 2.24) is 19.7 Å². The van der Waals surface area contributed by atoms with Crippen molar-refractivity contribution < 1.29 is 5.21 Å². The Labute approximate surface area is 91.2 Å². The second kappa shape index (κ2) is 3.97. The molecule has 0 spiro atoms. The number of pyridine rings is 1. The Balaban J connectivity index is 2.39. The monoisotopic (exact) mass is 218 g/mol. The minimum absolute atomic E-state index is 0.121. The molecular weight excluding hydrogens is 208 g/mol. The molecule has 2 aromatic rings. The topological polar surface area (TPSA) is 102 Å². The second-order valence-electron chi connectivity index (χ2n) is 3.15. The summed E-state index contributed by atoms with van der Waals surface area (Å²) in [7, 11) is 0. The highest BCUT2D eigenvalue weighted by atomic mass is 16.4. The lowest BCUT2D eigenvalue weighted by Crippen LogP contribution is -2.15. The van der Waals surface area contributed by atoms with Crippen LogP contribution in [0.3, 0.4) is 0 Å². The number of nitrogens with two attached hydrogens (primary N) is 1. The lowest BCUT2D eigenvalue weighted by atomic mass is 10.3. The summed E-state index contributed by atoms with van der Waals surface area (Å²) in [5.74, 6) is 0.0569. The molecule has 2 heterocycles. The van der Waals surface area contributed by atoms with E-state index in [4.69, 9.17) is 10.9 Å². The maximum absolute atomic E-state index is 8.48. The zero-order valence-electron chi connectivity index (χ0n) is 8.57. The van der Waals surface area contributed by atoms with Crippen LogP contribution in [0.4, 0.5) is 0 Å². The minimum Gasteiger partial charge on any atom is -0.409 e. The van der Waals surface area contributed by atoms with Crippen LogP contribution in [0.1, 0.15) is 11.5 Å². The van der Waals surface area contributed by atoms with E-state index in [0.29, 0.717) is 0 Å². The van der Waals surface area contributed by atoms with Gasteiger partial charge < -0.3 is 10.9 Å². The molecular formula is C9H10N6O. The summed E-state index contributed by atoms with van der Waals surface area (Å²) < 4.78 is 1.53. The zero-order chi connectivity index (χ0) is 11.5. The number of oxime groups is 1. The van der Waals surface area contributed by atoms with E-state index < -0.39 is 0 Å². The number of hydrogen-bond donors (Lipinski definition) is 2. The van der Waals surface area contributed by atoms with Gasteiger partial charge in [-0.05, 0) is 19.1 Å². The van der Waals surface area contributed by atoms with Gasteiger partial charge in [-0.15, -0.1) is 5.10 Å². The average molecular weight is 218 g/mol. The van der Waals surface area contributed by atoms with E-state index in [2.05, 4.69) is 20.2 Å². The van der Waals surface area contributed by atoms with Crippen LogP contribution in [0.15, 0.2) is 29.8 Å². The average Bonchev–Trinajstić information content (AvgIpc) is 2.77. The molecule has 0 saturated heterocycles. The summed E-state index contributed by atoms with van der Waals surface area (Å²) in [4.78, 5) is 7.98. The predicted molar refractivity (Wildman–Crippen MR) is 56.4 cm³/mol. The van der Waals surface area contributed by atoms with Crippen molar-refractivity contribution in [3.8, 4) is 5.69 Å². The van der Waals surface area contributed by atoms with Gasteiger partial charge in [-0.2, -0.15) is 0 Å². The zero-order valence-corrected chi connectivity index (χ0v) is 8.57. The highest BCUT2D eigenvalue weighted by molar-refractivity contribution is 5.93. The smallest absolute Gasteiger partial charge is 0.220 e. The Morgan fingerprint density at radius 1 is 1.50 bits per heavy atom. The Morgan fingerprint density at radius 2 is 2.31 bits per heavy atom. The highest BCUT2D eigenvalue weighted by Crippen LogP contribution is 2.06. The third-order valence-corrected chi connectivity index (χ3v) is 1.97. The van der Waals surface area contributed by atoms with E-state index in [1.54, 1.807) is 12.3 Å². The van der Waals surface area contributed by atoms with Crippen LogP contribution in [-0.4, -0.2) is 30.8 Å². The molecule has 0 aliphatic rings. The molecule has 0 aliphatic carbocycles. The van der Waals surface area contributed by atoms with Crippen molar-refractivity contribution in [2.24, 2.45) is 10.9 Å². The molecule has 0 aromatic carbocycles. The quantitative estimate of drug-likeness (QED) is 0.321. The molecule has 7 nitrogen and oxygen atoms in total. The predicted octanol–water partition coefficient (Wildman–Crippen LogP) is 0.0652. The van der Waals surface area contributed by atoms with E-state index in [1.807, 2.05) is 13.0 Å². The summed E-state index contributed by atoms with van der Waals surface area (Å²) in [6, 6.07) is 3.64. The van der Waals surface area contributed by atoms with Crippen LogP contribution < -0.4 is 5.73 Å². The number of aromatic nitrogens is 4. The van der Waals surface area contributed by atoms with Gasteiger partial charge >= 0.3 is 0 Å². The molecule has 7 heteroatoms. The minimum atomic E-state index is -0.121. The Kier molecular flexibility index (Phi) is 2.50. The van der Waals surface area contributed by atoms with Crippen LogP contribution in [0, 0.1) is 6.92 Å². The van der Waals surface area contributed by atoms with E-state index >= 15 is 0 Å². The van der Waals surface area contributed by atoms with Gasteiger partial charge in [0.25, 0.3) is 0 Å². The van der Waals surface area contributed by atoms with Gasteiger partial charge in [-0.25, -0.2) is 9.67 Å². The van der Waals surface area contributed by atoms with Crippen LogP contribution in [0.2, 0.25) is 0 Å². The maximum Gasteiger partial charge on any atom is 0.220 e. The number of nitrogens with zero attached hydrogens (tertiary/aromatic N) is 5. The van der Waals surface area contributed by atoms with Crippen molar-refractivity contribution >= 4 is 5.84 Å². The van der Waals surface area contributed by atoms with E-state index in [9.17, 15) is 0 Å². The van der Waals surface area contributed by atoms with Crippen LogP contribution in [0.5, 0.6) is 0 Å².